The third-order valence-corrected chi connectivity index (χ3v) is 4.85. The highest BCUT2D eigenvalue weighted by molar-refractivity contribution is 7.09. The number of ether oxygens (including phenoxy) is 1. The Labute approximate surface area is 139 Å². The molecule has 1 saturated heterocycles. The van der Waals surface area contributed by atoms with Crippen molar-refractivity contribution < 1.29 is 9.53 Å². The smallest absolute Gasteiger partial charge is 0.237 e. The van der Waals surface area contributed by atoms with Gasteiger partial charge in [-0.2, -0.15) is 5.10 Å². The lowest BCUT2D eigenvalue weighted by atomic mass is 10.2. The number of nitrogens with zero attached hydrogens (tertiary/aromatic N) is 4. The van der Waals surface area contributed by atoms with Crippen LogP contribution in [0.5, 0.6) is 0 Å². The first kappa shape index (κ1) is 16.1. The molecule has 2 atom stereocenters. The molecular weight excluding hydrogens is 314 g/mol. The second-order valence-electron chi connectivity index (χ2n) is 5.58. The van der Waals surface area contributed by atoms with Crippen LogP contribution in [0.4, 0.5) is 0 Å². The maximum Gasteiger partial charge on any atom is 0.237 e. The number of carbonyl (C=O) groups excluding carboxylic acids is 1. The van der Waals surface area contributed by atoms with Crippen molar-refractivity contribution in [1.82, 2.24) is 25.0 Å². The van der Waals surface area contributed by atoms with Crippen LogP contribution in [-0.2, 0) is 22.6 Å². The standard InChI is InChI=1S/C15H21N5O2S/c1-12(15(21)17-7-14-3-2-6-23-14)19-4-5-22-13(8-19)9-20-11-16-10-18-20/h2-3,6,10-13H,4-5,7-9H2,1H3,(H,17,21). The maximum absolute atomic E-state index is 12.3. The molecule has 2 aromatic rings. The molecule has 7 nitrogen and oxygen atoms in total. The number of rotatable bonds is 6. The van der Waals surface area contributed by atoms with E-state index >= 15 is 0 Å². The summed E-state index contributed by atoms with van der Waals surface area (Å²) < 4.78 is 7.53. The van der Waals surface area contributed by atoms with Crippen LogP contribution in [0, 0.1) is 0 Å². The zero-order valence-corrected chi connectivity index (χ0v) is 13.9. The van der Waals surface area contributed by atoms with Gasteiger partial charge in [0, 0.05) is 18.0 Å². The summed E-state index contributed by atoms with van der Waals surface area (Å²) in [5.74, 6) is 0.0554. The van der Waals surface area contributed by atoms with E-state index in [4.69, 9.17) is 4.74 Å². The van der Waals surface area contributed by atoms with E-state index in [0.29, 0.717) is 26.2 Å². The van der Waals surface area contributed by atoms with Crippen LogP contribution in [0.2, 0.25) is 0 Å². The average Bonchev–Trinajstić information content (AvgIpc) is 3.25. The second kappa shape index (κ2) is 7.67. The fourth-order valence-electron chi connectivity index (χ4n) is 2.64. The Hall–Kier alpha value is -1.77. The van der Waals surface area contributed by atoms with E-state index in [1.165, 1.54) is 6.33 Å². The summed E-state index contributed by atoms with van der Waals surface area (Å²) in [4.78, 5) is 19.6. The first-order valence-electron chi connectivity index (χ1n) is 7.70. The largest absolute Gasteiger partial charge is 0.374 e. The van der Waals surface area contributed by atoms with Crippen molar-refractivity contribution in [1.29, 1.82) is 0 Å². The summed E-state index contributed by atoms with van der Waals surface area (Å²) in [6, 6.07) is 3.85. The molecule has 0 saturated carbocycles. The number of hydrogen-bond acceptors (Lipinski definition) is 6. The highest BCUT2D eigenvalue weighted by Gasteiger charge is 2.28. The number of aromatic nitrogens is 3. The van der Waals surface area contributed by atoms with Crippen LogP contribution in [-0.4, -0.2) is 57.4 Å². The van der Waals surface area contributed by atoms with E-state index < -0.39 is 0 Å². The van der Waals surface area contributed by atoms with E-state index in [1.54, 1.807) is 22.3 Å². The zero-order valence-electron chi connectivity index (χ0n) is 13.1. The summed E-state index contributed by atoms with van der Waals surface area (Å²) in [6.07, 6.45) is 3.22. The third kappa shape index (κ3) is 4.37. The minimum atomic E-state index is -0.169. The molecule has 2 unspecified atom stereocenters. The first-order valence-corrected chi connectivity index (χ1v) is 8.58. The summed E-state index contributed by atoms with van der Waals surface area (Å²) in [7, 11) is 0. The fraction of sp³-hybridized carbons (Fsp3) is 0.533. The summed E-state index contributed by atoms with van der Waals surface area (Å²) in [5.41, 5.74) is 0. The Morgan fingerprint density at radius 1 is 1.61 bits per heavy atom. The molecule has 124 valence electrons. The number of hydrogen-bond donors (Lipinski definition) is 1. The van der Waals surface area contributed by atoms with Gasteiger partial charge in [-0.3, -0.25) is 14.4 Å². The summed E-state index contributed by atoms with van der Waals surface area (Å²) in [6.45, 7) is 5.30. The molecule has 1 aliphatic rings. The van der Waals surface area contributed by atoms with Gasteiger partial charge in [-0.05, 0) is 18.4 Å². The van der Waals surface area contributed by atoms with Gasteiger partial charge in [0.15, 0.2) is 0 Å². The molecule has 0 spiro atoms. The molecule has 3 rings (SSSR count). The van der Waals surface area contributed by atoms with E-state index in [-0.39, 0.29) is 18.1 Å². The Bertz CT molecular complexity index is 601. The van der Waals surface area contributed by atoms with Gasteiger partial charge in [0.05, 0.1) is 31.8 Å². The Balaban J connectivity index is 1.49. The maximum atomic E-state index is 12.3. The van der Waals surface area contributed by atoms with Crippen LogP contribution in [0.3, 0.4) is 0 Å². The van der Waals surface area contributed by atoms with E-state index in [2.05, 4.69) is 20.3 Å². The average molecular weight is 335 g/mol. The molecule has 1 aliphatic heterocycles. The van der Waals surface area contributed by atoms with E-state index in [9.17, 15) is 4.79 Å². The summed E-state index contributed by atoms with van der Waals surface area (Å²) in [5, 5.41) is 9.12. The third-order valence-electron chi connectivity index (χ3n) is 3.97. The normalized spacial score (nSPS) is 20.3. The van der Waals surface area contributed by atoms with Crippen molar-refractivity contribution in [3.05, 3.63) is 35.0 Å². The van der Waals surface area contributed by atoms with Gasteiger partial charge >= 0.3 is 0 Å². The zero-order chi connectivity index (χ0) is 16.1. The molecule has 3 heterocycles. The van der Waals surface area contributed by atoms with Crippen molar-refractivity contribution in [3.63, 3.8) is 0 Å². The number of morpholine rings is 1. The monoisotopic (exact) mass is 335 g/mol. The molecule has 1 fully saturated rings. The SMILES string of the molecule is CC(C(=O)NCc1cccs1)N1CCOC(Cn2cncn2)C1. The lowest BCUT2D eigenvalue weighted by Gasteiger charge is -2.36. The van der Waals surface area contributed by atoms with Gasteiger partial charge in [0.2, 0.25) is 5.91 Å². The minimum Gasteiger partial charge on any atom is -0.374 e. The van der Waals surface area contributed by atoms with Crippen LogP contribution in [0.1, 0.15) is 11.8 Å². The van der Waals surface area contributed by atoms with Gasteiger partial charge in [-0.1, -0.05) is 6.07 Å². The number of nitrogens with one attached hydrogen (secondary N) is 1. The fourth-order valence-corrected chi connectivity index (χ4v) is 3.29. The number of amides is 1. The Kier molecular flexibility index (Phi) is 5.37. The second-order valence-corrected chi connectivity index (χ2v) is 6.61. The quantitative estimate of drug-likeness (QED) is 0.843. The minimum absolute atomic E-state index is 0.0259. The van der Waals surface area contributed by atoms with Gasteiger partial charge < -0.3 is 10.1 Å². The van der Waals surface area contributed by atoms with Crippen molar-refractivity contribution >= 4 is 17.2 Å². The van der Waals surface area contributed by atoms with Crippen LogP contribution in [0.15, 0.2) is 30.2 Å². The van der Waals surface area contributed by atoms with Gasteiger partial charge in [0.25, 0.3) is 0 Å². The first-order chi connectivity index (χ1) is 11.2. The predicted octanol–water partition coefficient (Wildman–Crippen LogP) is 0.745. The molecule has 0 bridgehead atoms. The molecule has 1 amide bonds. The lowest BCUT2D eigenvalue weighted by Crippen LogP contribution is -2.52. The van der Waals surface area contributed by atoms with Crippen LogP contribution >= 0.6 is 11.3 Å². The molecule has 8 heteroatoms. The topological polar surface area (TPSA) is 72.3 Å². The van der Waals surface area contributed by atoms with Gasteiger partial charge in [0.1, 0.15) is 12.7 Å². The highest BCUT2D eigenvalue weighted by atomic mass is 32.1. The molecule has 23 heavy (non-hydrogen) atoms. The molecule has 1 N–H and O–H groups in total. The number of thiophene rings is 1. The Morgan fingerprint density at radius 3 is 3.26 bits per heavy atom. The van der Waals surface area contributed by atoms with Crippen molar-refractivity contribution in [2.24, 2.45) is 0 Å². The summed E-state index contributed by atoms with van der Waals surface area (Å²) >= 11 is 1.65. The molecule has 2 aromatic heterocycles. The van der Waals surface area contributed by atoms with Crippen molar-refractivity contribution in [3.8, 4) is 0 Å². The molecule has 0 aliphatic carbocycles. The lowest BCUT2D eigenvalue weighted by molar-refractivity contribution is -0.129. The van der Waals surface area contributed by atoms with Gasteiger partial charge in [-0.25, -0.2) is 4.98 Å². The van der Waals surface area contributed by atoms with Crippen LogP contribution < -0.4 is 5.32 Å². The molecule has 0 radical (unpaired) electrons. The van der Waals surface area contributed by atoms with Crippen LogP contribution in [0.25, 0.3) is 0 Å². The van der Waals surface area contributed by atoms with Crippen molar-refractivity contribution in [2.45, 2.75) is 32.2 Å². The highest BCUT2D eigenvalue weighted by Crippen LogP contribution is 2.12. The van der Waals surface area contributed by atoms with Gasteiger partial charge in [-0.15, -0.1) is 11.3 Å². The van der Waals surface area contributed by atoms with Crippen molar-refractivity contribution in [2.75, 3.05) is 19.7 Å². The van der Waals surface area contributed by atoms with E-state index in [0.717, 1.165) is 11.4 Å². The Morgan fingerprint density at radius 2 is 2.52 bits per heavy atom. The number of carbonyl (C=O) groups is 1. The van der Waals surface area contributed by atoms with E-state index in [1.807, 2.05) is 24.4 Å². The molecule has 0 aromatic carbocycles. The predicted molar refractivity (Wildman–Crippen MR) is 87.0 cm³/mol. The molecular formula is C15H21N5O2S.